The van der Waals surface area contributed by atoms with E-state index in [1.54, 1.807) is 0 Å². The van der Waals surface area contributed by atoms with Crippen molar-refractivity contribution in [1.82, 2.24) is 0 Å². The van der Waals surface area contributed by atoms with Gasteiger partial charge in [0.05, 0.1) is 0 Å². The number of rotatable bonds is 12. The summed E-state index contributed by atoms with van der Waals surface area (Å²) in [6.45, 7) is 6.50. The molecule has 5 rings (SSSR count). The number of ketones is 1. The Labute approximate surface area is 280 Å². The van der Waals surface area contributed by atoms with E-state index in [1.807, 2.05) is 0 Å². The number of nitrogens with zero attached hydrogens (tertiary/aromatic N) is 2. The van der Waals surface area contributed by atoms with Crippen LogP contribution in [-0.4, -0.2) is 60.3 Å². The van der Waals surface area contributed by atoms with E-state index in [0.29, 0.717) is 16.8 Å². The van der Waals surface area contributed by atoms with Crippen LogP contribution in [0.3, 0.4) is 0 Å². The van der Waals surface area contributed by atoms with Crippen molar-refractivity contribution in [2.24, 2.45) is 5.73 Å². The Hall–Kier alpha value is -2.66. The molecule has 7 nitrogen and oxygen atoms in total. The average Bonchev–Trinajstić information content (AvgIpc) is 3.55. The van der Waals surface area contributed by atoms with Crippen molar-refractivity contribution >= 4 is 71.4 Å². The van der Waals surface area contributed by atoms with E-state index < -0.39 is 15.6 Å². The molecule has 0 saturated heterocycles. The third-order valence-electron chi connectivity index (χ3n) is 7.63. The van der Waals surface area contributed by atoms with E-state index in [1.165, 1.54) is 67.6 Å². The SMILES string of the molecule is CCCCCCN1C(=CC2=C(N)C(=Cc3[se]c4ccccc4[n+]3CCCCCC)C2=O)[Se]c2ccccc21.O=S(=O)([O-])C(F)(F)F. The first kappa shape index (κ1) is 36.2. The number of aryl methyl sites for hydroxylation is 1. The van der Waals surface area contributed by atoms with Crippen LogP contribution in [0.1, 0.15) is 69.8 Å². The molecule has 1 aliphatic heterocycles. The number of aromatic nitrogens is 1. The largest absolute Gasteiger partial charge is 0.741 e. The molecule has 0 unspecified atom stereocenters. The second kappa shape index (κ2) is 16.0. The number of fused-ring (bicyclic) bond motifs is 2. The van der Waals surface area contributed by atoms with E-state index in [-0.39, 0.29) is 35.2 Å². The fraction of sp³-hybridized carbons (Fsp3) is 0.394. The zero-order valence-electron chi connectivity index (χ0n) is 25.8. The summed E-state index contributed by atoms with van der Waals surface area (Å²) in [5.41, 5.74) is 5.61. The van der Waals surface area contributed by atoms with Crippen molar-refractivity contribution in [1.29, 1.82) is 0 Å². The molecular weight excluding hydrogens is 749 g/mol. The molecule has 46 heavy (non-hydrogen) atoms. The van der Waals surface area contributed by atoms with Crippen LogP contribution in [0.2, 0.25) is 0 Å². The number of halogens is 3. The van der Waals surface area contributed by atoms with Gasteiger partial charge in [0, 0.05) is 0 Å². The monoisotopic (exact) mass is 789 g/mol. The third-order valence-corrected chi connectivity index (χ3v) is 12.9. The number of hydrogen-bond donors (Lipinski definition) is 1. The summed E-state index contributed by atoms with van der Waals surface area (Å²) in [6.07, 6.45) is 14.0. The molecule has 2 aromatic carbocycles. The smallest absolute Gasteiger partial charge is 0.485 e. The molecule has 0 saturated carbocycles. The Morgan fingerprint density at radius 3 is 2.22 bits per heavy atom. The fourth-order valence-electron chi connectivity index (χ4n) is 5.18. The average molecular weight is 788 g/mol. The quantitative estimate of drug-likeness (QED) is 0.0671. The van der Waals surface area contributed by atoms with Crippen LogP contribution in [-0.2, 0) is 21.5 Å². The van der Waals surface area contributed by atoms with Crippen LogP contribution in [0.5, 0.6) is 0 Å². The molecule has 0 bridgehead atoms. The number of alkyl halides is 3. The van der Waals surface area contributed by atoms with E-state index in [9.17, 15) is 18.0 Å². The maximum absolute atomic E-state index is 13.4. The van der Waals surface area contributed by atoms with Gasteiger partial charge in [-0.3, -0.25) is 0 Å². The van der Waals surface area contributed by atoms with Gasteiger partial charge in [0.2, 0.25) is 0 Å². The van der Waals surface area contributed by atoms with Crippen LogP contribution in [0.15, 0.2) is 76.0 Å². The standard InChI is InChI=1S/C32H37N3OSe2.CHF3O3S/c1-3-5-7-13-19-34-25-15-9-11-17-27(25)37-29(34)21-23-31(33)24(32(23)36)22-30-35(20-14-8-6-4-2)26-16-10-12-18-28(26)38-30;2-1(3,4)8(5,6)7/h9-12,15-18,21-22H,3-8,13-14,19-20H2,1-2H3,(H-,33,36);(H,5,6,7). The number of hydrogen-bond acceptors (Lipinski definition) is 6. The van der Waals surface area contributed by atoms with E-state index in [0.717, 1.165) is 25.9 Å². The number of carbonyl (C=O) groups excluding carboxylic acids is 1. The second-order valence-corrected chi connectivity index (χ2v) is 16.8. The van der Waals surface area contributed by atoms with E-state index >= 15 is 0 Å². The van der Waals surface area contributed by atoms with Gasteiger partial charge >= 0.3 is 246 Å². The Bertz CT molecular complexity index is 1760. The number of allylic oxidation sites excluding steroid dienone is 3. The number of unbranched alkanes of at least 4 members (excludes halogenated alkanes) is 6. The number of carbonyl (C=O) groups is 1. The molecule has 1 aromatic heterocycles. The molecule has 0 fully saturated rings. The molecular formula is C33H38F3N3O4SSe2. The Morgan fingerprint density at radius 1 is 0.935 bits per heavy atom. The summed E-state index contributed by atoms with van der Waals surface area (Å²) in [6, 6.07) is 17.4. The molecule has 0 amide bonds. The van der Waals surface area contributed by atoms with Gasteiger partial charge < -0.3 is 4.55 Å². The predicted octanol–water partition coefficient (Wildman–Crippen LogP) is 5.27. The maximum Gasteiger partial charge on any atom is 0.485 e. The topological polar surface area (TPSA) is 107 Å². The zero-order valence-corrected chi connectivity index (χ0v) is 30.1. The molecule has 2 aliphatic rings. The summed E-state index contributed by atoms with van der Waals surface area (Å²) >= 11 is 0.378. The Morgan fingerprint density at radius 2 is 1.57 bits per heavy atom. The third kappa shape index (κ3) is 8.62. The molecule has 248 valence electrons. The van der Waals surface area contributed by atoms with Gasteiger partial charge in [0.1, 0.15) is 0 Å². The van der Waals surface area contributed by atoms with Crippen LogP contribution >= 0.6 is 0 Å². The van der Waals surface area contributed by atoms with Crippen molar-refractivity contribution < 1.29 is 35.5 Å². The fourth-order valence-corrected chi connectivity index (χ4v) is 9.93. The van der Waals surface area contributed by atoms with Crippen LogP contribution in [0.25, 0.3) is 15.9 Å². The maximum atomic E-state index is 13.4. The normalized spacial score (nSPS) is 16.7. The van der Waals surface area contributed by atoms with Crippen molar-refractivity contribution in [3.63, 3.8) is 0 Å². The molecule has 13 heteroatoms. The first-order valence-corrected chi connectivity index (χ1v) is 20.2. The molecule has 3 aromatic rings. The van der Waals surface area contributed by atoms with Crippen molar-refractivity contribution in [3.8, 4) is 0 Å². The Balaban J connectivity index is 0.000000533. The van der Waals surface area contributed by atoms with Gasteiger partial charge in [-0.05, 0) is 0 Å². The van der Waals surface area contributed by atoms with Gasteiger partial charge in [-0.25, -0.2) is 8.42 Å². The molecule has 0 spiro atoms. The minimum Gasteiger partial charge on any atom is -0.741 e. The molecule has 0 radical (unpaired) electrons. The van der Waals surface area contributed by atoms with Gasteiger partial charge in [0.25, 0.3) is 0 Å². The number of nitrogens with two attached hydrogens (primary N) is 1. The van der Waals surface area contributed by atoms with E-state index in [4.69, 9.17) is 18.7 Å². The van der Waals surface area contributed by atoms with Crippen LogP contribution in [0.4, 0.5) is 18.9 Å². The van der Waals surface area contributed by atoms with Crippen LogP contribution < -0.4 is 19.7 Å². The molecule has 1 aliphatic carbocycles. The van der Waals surface area contributed by atoms with Gasteiger partial charge in [0.15, 0.2) is 10.1 Å². The van der Waals surface area contributed by atoms with Crippen LogP contribution in [0, 0.1) is 0 Å². The van der Waals surface area contributed by atoms with Crippen molar-refractivity contribution in [2.45, 2.75) is 77.3 Å². The van der Waals surface area contributed by atoms with E-state index in [2.05, 4.69) is 84.0 Å². The van der Waals surface area contributed by atoms with Crippen molar-refractivity contribution in [2.75, 3.05) is 11.4 Å². The summed E-state index contributed by atoms with van der Waals surface area (Å²) in [4.78, 5) is 15.9. The number of Topliss-reactive ketones (excluding diaryl/α,β-unsaturated/α-hetero) is 1. The minimum absolute atomic E-state index is 0.0953. The first-order chi connectivity index (χ1) is 21.9. The van der Waals surface area contributed by atoms with Gasteiger partial charge in [-0.1, -0.05) is 0 Å². The Kier molecular flexibility index (Phi) is 12.5. The summed E-state index contributed by atoms with van der Waals surface area (Å²) in [7, 11) is -6.09. The predicted molar refractivity (Wildman–Crippen MR) is 177 cm³/mol. The minimum atomic E-state index is -6.09. The number of para-hydroxylation sites is 2. The molecule has 2 heterocycles. The number of anilines is 1. The van der Waals surface area contributed by atoms with Crippen molar-refractivity contribution in [3.05, 3.63) is 80.6 Å². The summed E-state index contributed by atoms with van der Waals surface area (Å²) in [5.74, 6) is 0.0953. The number of benzene rings is 2. The molecule has 0 atom stereocenters. The summed E-state index contributed by atoms with van der Waals surface area (Å²) < 4.78 is 66.6. The zero-order chi connectivity index (χ0) is 33.5. The first-order valence-electron chi connectivity index (χ1n) is 15.3. The van der Waals surface area contributed by atoms with Gasteiger partial charge in [-0.15, -0.1) is 0 Å². The molecule has 2 N–H and O–H groups in total. The second-order valence-electron chi connectivity index (χ2n) is 11.0. The summed E-state index contributed by atoms with van der Waals surface area (Å²) in [5, 5.41) is 0. The van der Waals surface area contributed by atoms with Gasteiger partial charge in [-0.2, -0.15) is 13.2 Å².